The van der Waals surface area contributed by atoms with E-state index >= 15 is 0 Å². The van der Waals surface area contributed by atoms with Crippen LogP contribution >= 0.6 is 0 Å². The predicted molar refractivity (Wildman–Crippen MR) is 52.4 cm³/mol. The van der Waals surface area contributed by atoms with Crippen LogP contribution in [0.3, 0.4) is 0 Å². The van der Waals surface area contributed by atoms with E-state index in [1.165, 1.54) is 7.11 Å². The summed E-state index contributed by atoms with van der Waals surface area (Å²) in [5, 5.41) is 10.1. The van der Waals surface area contributed by atoms with Gasteiger partial charge < -0.3 is 9.84 Å². The van der Waals surface area contributed by atoms with Crippen LogP contribution in [0.1, 0.15) is 18.9 Å². The molecule has 0 fully saturated rings. The average Bonchev–Trinajstić information content (AvgIpc) is 2.22. The van der Waals surface area contributed by atoms with Crippen LogP contribution in [0.4, 0.5) is 8.78 Å². The van der Waals surface area contributed by atoms with Crippen molar-refractivity contribution < 1.29 is 18.6 Å². The van der Waals surface area contributed by atoms with E-state index in [0.717, 1.165) is 18.2 Å². The predicted octanol–water partition coefficient (Wildman–Crippen LogP) is 2.21. The van der Waals surface area contributed by atoms with Gasteiger partial charge in [0.05, 0.1) is 6.61 Å². The highest BCUT2D eigenvalue weighted by Gasteiger charge is 2.30. The lowest BCUT2D eigenvalue weighted by atomic mass is 9.91. The van der Waals surface area contributed by atoms with Crippen LogP contribution in [-0.2, 0) is 10.3 Å². The Morgan fingerprint density at radius 1 is 1.40 bits per heavy atom. The Morgan fingerprint density at radius 2 is 2.07 bits per heavy atom. The van der Waals surface area contributed by atoms with Crippen LogP contribution in [0.2, 0.25) is 0 Å². The molecule has 1 unspecified atom stereocenters. The minimum Gasteiger partial charge on any atom is -0.383 e. The summed E-state index contributed by atoms with van der Waals surface area (Å²) in [7, 11) is 1.40. The van der Waals surface area contributed by atoms with Gasteiger partial charge in [-0.25, -0.2) is 8.78 Å². The number of hydrogen-bond donors (Lipinski definition) is 1. The van der Waals surface area contributed by atoms with E-state index < -0.39 is 17.2 Å². The molecule has 1 aromatic rings. The van der Waals surface area contributed by atoms with Crippen LogP contribution in [0, 0.1) is 11.6 Å². The van der Waals surface area contributed by atoms with E-state index in [9.17, 15) is 13.9 Å². The maximum Gasteiger partial charge on any atom is 0.129 e. The monoisotopic (exact) mass is 216 g/mol. The van der Waals surface area contributed by atoms with Crippen molar-refractivity contribution in [2.75, 3.05) is 13.7 Å². The molecule has 0 amide bonds. The summed E-state index contributed by atoms with van der Waals surface area (Å²) in [6.07, 6.45) is 0.251. The lowest BCUT2D eigenvalue weighted by molar-refractivity contribution is -0.0411. The number of methoxy groups -OCH3 is 1. The molecule has 2 nitrogen and oxygen atoms in total. The van der Waals surface area contributed by atoms with Gasteiger partial charge >= 0.3 is 0 Å². The topological polar surface area (TPSA) is 29.5 Å². The third kappa shape index (κ3) is 2.52. The molecule has 0 aromatic heterocycles. The zero-order valence-corrected chi connectivity index (χ0v) is 8.76. The van der Waals surface area contributed by atoms with Gasteiger partial charge in [-0.15, -0.1) is 0 Å². The first-order valence-electron chi connectivity index (χ1n) is 4.70. The van der Waals surface area contributed by atoms with E-state index in [4.69, 9.17) is 4.74 Å². The Kier molecular flexibility index (Phi) is 3.77. The van der Waals surface area contributed by atoms with Crippen molar-refractivity contribution in [1.29, 1.82) is 0 Å². The second-order valence-corrected chi connectivity index (χ2v) is 3.44. The number of benzene rings is 1. The standard InChI is InChI=1S/C11H14F2O2/c1-3-11(14,7-15-2)9-6-8(12)4-5-10(9)13/h4-6,14H,3,7H2,1-2H3. The maximum atomic E-state index is 13.4. The van der Waals surface area contributed by atoms with Crippen molar-refractivity contribution in [3.05, 3.63) is 35.4 Å². The summed E-state index contributed by atoms with van der Waals surface area (Å²) in [5.41, 5.74) is -1.53. The lowest BCUT2D eigenvalue weighted by Crippen LogP contribution is -2.31. The number of hydrogen-bond acceptors (Lipinski definition) is 2. The van der Waals surface area contributed by atoms with Gasteiger partial charge in [-0.05, 0) is 24.6 Å². The molecule has 1 atom stereocenters. The zero-order valence-electron chi connectivity index (χ0n) is 8.76. The molecular formula is C11H14F2O2. The molecule has 0 radical (unpaired) electrons. The van der Waals surface area contributed by atoms with Gasteiger partial charge in [0.1, 0.15) is 17.2 Å². The Bertz CT molecular complexity index is 341. The normalized spacial score (nSPS) is 15.0. The van der Waals surface area contributed by atoms with Crippen molar-refractivity contribution in [2.45, 2.75) is 18.9 Å². The van der Waals surface area contributed by atoms with Gasteiger partial charge in [0.25, 0.3) is 0 Å². The van der Waals surface area contributed by atoms with Crippen LogP contribution < -0.4 is 0 Å². The van der Waals surface area contributed by atoms with Gasteiger partial charge in [0.2, 0.25) is 0 Å². The van der Waals surface area contributed by atoms with Gasteiger partial charge in [-0.2, -0.15) is 0 Å². The van der Waals surface area contributed by atoms with Gasteiger partial charge in [-0.3, -0.25) is 0 Å². The summed E-state index contributed by atoms with van der Waals surface area (Å²) in [4.78, 5) is 0. The first-order valence-corrected chi connectivity index (χ1v) is 4.70. The summed E-state index contributed by atoms with van der Waals surface area (Å²) in [5.74, 6) is -1.20. The zero-order chi connectivity index (χ0) is 11.5. The van der Waals surface area contributed by atoms with Crippen molar-refractivity contribution in [3.63, 3.8) is 0 Å². The van der Waals surface area contributed by atoms with E-state index in [-0.39, 0.29) is 18.6 Å². The van der Waals surface area contributed by atoms with Crippen LogP contribution in [0.25, 0.3) is 0 Å². The average molecular weight is 216 g/mol. The Balaban J connectivity index is 3.16. The Labute approximate surface area is 87.5 Å². The number of ether oxygens (including phenoxy) is 1. The van der Waals surface area contributed by atoms with E-state index in [2.05, 4.69) is 0 Å². The summed E-state index contributed by atoms with van der Waals surface area (Å²) >= 11 is 0. The lowest BCUT2D eigenvalue weighted by Gasteiger charge is -2.26. The molecule has 0 saturated heterocycles. The number of aliphatic hydroxyl groups is 1. The molecule has 0 saturated carbocycles. The largest absolute Gasteiger partial charge is 0.383 e. The molecule has 0 aliphatic carbocycles. The second kappa shape index (κ2) is 4.68. The Hall–Kier alpha value is -1.00. The maximum absolute atomic E-state index is 13.4. The van der Waals surface area contributed by atoms with Gasteiger partial charge in [0, 0.05) is 12.7 Å². The molecule has 0 aliphatic heterocycles. The van der Waals surface area contributed by atoms with Crippen LogP contribution in [0.15, 0.2) is 18.2 Å². The third-order valence-corrected chi connectivity index (χ3v) is 2.40. The fourth-order valence-corrected chi connectivity index (χ4v) is 1.46. The van der Waals surface area contributed by atoms with Crippen LogP contribution in [-0.4, -0.2) is 18.8 Å². The van der Waals surface area contributed by atoms with Crippen molar-refractivity contribution in [3.8, 4) is 0 Å². The number of rotatable bonds is 4. The molecule has 15 heavy (non-hydrogen) atoms. The molecule has 1 N–H and O–H groups in total. The molecule has 0 spiro atoms. The van der Waals surface area contributed by atoms with Crippen LogP contribution in [0.5, 0.6) is 0 Å². The van der Waals surface area contributed by atoms with Gasteiger partial charge in [-0.1, -0.05) is 6.92 Å². The minimum absolute atomic E-state index is 0.0631. The van der Waals surface area contributed by atoms with Crippen molar-refractivity contribution in [1.82, 2.24) is 0 Å². The summed E-state index contributed by atoms with van der Waals surface area (Å²) in [6, 6.07) is 3.01. The van der Waals surface area contributed by atoms with E-state index in [1.807, 2.05) is 0 Å². The number of halogens is 2. The molecular weight excluding hydrogens is 202 g/mol. The first kappa shape index (κ1) is 12.1. The highest BCUT2D eigenvalue weighted by Crippen LogP contribution is 2.28. The SMILES string of the molecule is CCC(O)(COC)c1cc(F)ccc1F. The van der Waals surface area contributed by atoms with E-state index in [1.54, 1.807) is 6.92 Å². The molecule has 0 bridgehead atoms. The molecule has 84 valence electrons. The fourth-order valence-electron chi connectivity index (χ4n) is 1.46. The molecule has 0 aliphatic rings. The third-order valence-electron chi connectivity index (χ3n) is 2.40. The quantitative estimate of drug-likeness (QED) is 0.836. The fraction of sp³-hybridized carbons (Fsp3) is 0.455. The van der Waals surface area contributed by atoms with Crippen molar-refractivity contribution >= 4 is 0 Å². The van der Waals surface area contributed by atoms with Crippen molar-refractivity contribution in [2.24, 2.45) is 0 Å². The molecule has 1 aromatic carbocycles. The molecule has 0 heterocycles. The smallest absolute Gasteiger partial charge is 0.129 e. The summed E-state index contributed by atoms with van der Waals surface area (Å²) in [6.45, 7) is 1.62. The summed E-state index contributed by atoms with van der Waals surface area (Å²) < 4.78 is 31.1. The Morgan fingerprint density at radius 3 is 2.60 bits per heavy atom. The molecule has 4 heteroatoms. The van der Waals surface area contributed by atoms with Gasteiger partial charge in [0.15, 0.2) is 0 Å². The van der Waals surface area contributed by atoms with E-state index in [0.29, 0.717) is 0 Å². The second-order valence-electron chi connectivity index (χ2n) is 3.44. The first-order chi connectivity index (χ1) is 7.03. The minimum atomic E-state index is -1.47. The highest BCUT2D eigenvalue weighted by molar-refractivity contribution is 5.25. The highest BCUT2D eigenvalue weighted by atomic mass is 19.1. The molecule has 1 rings (SSSR count).